The highest BCUT2D eigenvalue weighted by atomic mass is 35.5. The van der Waals surface area contributed by atoms with Crippen molar-refractivity contribution in [2.75, 3.05) is 7.05 Å². The highest BCUT2D eigenvalue weighted by Crippen LogP contribution is 2.23. The van der Waals surface area contributed by atoms with Gasteiger partial charge >= 0.3 is 0 Å². The van der Waals surface area contributed by atoms with E-state index in [0.29, 0.717) is 6.04 Å². The van der Waals surface area contributed by atoms with Crippen molar-refractivity contribution in [2.45, 2.75) is 44.7 Å². The van der Waals surface area contributed by atoms with Crippen molar-refractivity contribution in [3.63, 3.8) is 0 Å². The molecule has 4 nitrogen and oxygen atoms in total. The average Bonchev–Trinajstić information content (AvgIpc) is 2.97. The summed E-state index contributed by atoms with van der Waals surface area (Å²) in [5, 5.41) is 0.750. The molecule has 110 valence electrons. The Morgan fingerprint density at radius 2 is 1.95 bits per heavy atom. The molecule has 3 N–H and O–H groups in total. The first kappa shape index (κ1) is 15.1. The first-order chi connectivity index (χ1) is 9.61. The quantitative estimate of drug-likeness (QED) is 0.390. The van der Waals surface area contributed by atoms with Gasteiger partial charge in [-0.05, 0) is 37.5 Å². The van der Waals surface area contributed by atoms with E-state index >= 15 is 0 Å². The number of hydrazine groups is 1. The molecule has 1 aromatic carbocycles. The Balaban J connectivity index is 2.10. The van der Waals surface area contributed by atoms with Crippen LogP contribution in [0.15, 0.2) is 29.3 Å². The molecule has 1 aromatic rings. The Morgan fingerprint density at radius 3 is 2.50 bits per heavy atom. The minimum absolute atomic E-state index is 0.184. The third-order valence-corrected chi connectivity index (χ3v) is 4.28. The summed E-state index contributed by atoms with van der Waals surface area (Å²) in [4.78, 5) is 6.81. The Labute approximate surface area is 126 Å². The summed E-state index contributed by atoms with van der Waals surface area (Å²) in [7, 11) is 2.01. The largest absolute Gasteiger partial charge is 0.338 e. The molecule has 1 fully saturated rings. The van der Waals surface area contributed by atoms with Crippen molar-refractivity contribution in [1.82, 2.24) is 10.3 Å². The fourth-order valence-corrected chi connectivity index (χ4v) is 2.71. The maximum atomic E-state index is 5.93. The molecular formula is C15H23ClN4. The zero-order valence-electron chi connectivity index (χ0n) is 12.1. The van der Waals surface area contributed by atoms with Crippen molar-refractivity contribution < 1.29 is 0 Å². The second kappa shape index (κ2) is 6.95. The number of benzene rings is 1. The molecule has 1 saturated carbocycles. The summed E-state index contributed by atoms with van der Waals surface area (Å²) < 4.78 is 0. The van der Waals surface area contributed by atoms with Gasteiger partial charge in [0.1, 0.15) is 0 Å². The van der Waals surface area contributed by atoms with Gasteiger partial charge in [0.15, 0.2) is 0 Å². The van der Waals surface area contributed by atoms with Crippen LogP contribution < -0.4 is 11.3 Å². The topological polar surface area (TPSA) is 53.6 Å². The molecular weight excluding hydrogens is 272 g/mol. The third-order valence-electron chi connectivity index (χ3n) is 4.03. The monoisotopic (exact) mass is 294 g/mol. The fraction of sp³-hybridized carbons (Fsp3) is 0.533. The lowest BCUT2D eigenvalue weighted by Crippen LogP contribution is -2.44. The second-order valence-electron chi connectivity index (χ2n) is 5.37. The molecule has 1 atom stereocenters. The number of nitrogens with one attached hydrogen (secondary N) is 1. The SMILES string of the molecule is CC(c1ccc(Cl)cc1)N(C)C(=NC1CCCC1)NN. The smallest absolute Gasteiger partial charge is 0.208 e. The van der Waals surface area contributed by atoms with Crippen LogP contribution in [0.25, 0.3) is 0 Å². The van der Waals surface area contributed by atoms with E-state index in [1.54, 1.807) is 0 Å². The number of guanidine groups is 1. The second-order valence-corrected chi connectivity index (χ2v) is 5.81. The average molecular weight is 295 g/mol. The summed E-state index contributed by atoms with van der Waals surface area (Å²) in [5.74, 6) is 6.40. The van der Waals surface area contributed by atoms with E-state index < -0.39 is 0 Å². The number of hydrogen-bond acceptors (Lipinski definition) is 2. The molecule has 1 aliphatic carbocycles. The van der Waals surface area contributed by atoms with Gasteiger partial charge < -0.3 is 4.90 Å². The minimum atomic E-state index is 0.184. The predicted molar refractivity (Wildman–Crippen MR) is 84.6 cm³/mol. The summed E-state index contributed by atoms with van der Waals surface area (Å²) in [5.41, 5.74) is 3.93. The molecule has 0 aliphatic heterocycles. The van der Waals surface area contributed by atoms with Gasteiger partial charge in [0, 0.05) is 12.1 Å². The van der Waals surface area contributed by atoms with Crippen LogP contribution in [0.2, 0.25) is 5.02 Å². The Hall–Kier alpha value is -1.26. The molecule has 0 bridgehead atoms. The van der Waals surface area contributed by atoms with Gasteiger partial charge in [-0.2, -0.15) is 0 Å². The van der Waals surface area contributed by atoms with Gasteiger partial charge in [0.25, 0.3) is 0 Å². The molecule has 0 aromatic heterocycles. The van der Waals surface area contributed by atoms with E-state index in [2.05, 4.69) is 17.2 Å². The summed E-state index contributed by atoms with van der Waals surface area (Å²) >= 11 is 5.93. The van der Waals surface area contributed by atoms with E-state index in [1.165, 1.54) is 18.4 Å². The molecule has 0 saturated heterocycles. The van der Waals surface area contributed by atoms with Gasteiger partial charge in [-0.1, -0.05) is 36.6 Å². The lowest BCUT2D eigenvalue weighted by Gasteiger charge is -2.28. The molecule has 0 amide bonds. The van der Waals surface area contributed by atoms with Crippen molar-refractivity contribution in [1.29, 1.82) is 0 Å². The summed E-state index contributed by atoms with van der Waals surface area (Å²) in [6, 6.07) is 8.47. The summed E-state index contributed by atoms with van der Waals surface area (Å²) in [6.45, 7) is 2.13. The number of hydrogen-bond donors (Lipinski definition) is 2. The highest BCUT2D eigenvalue weighted by Gasteiger charge is 2.19. The third kappa shape index (κ3) is 3.64. The van der Waals surface area contributed by atoms with Crippen LogP contribution in [-0.2, 0) is 0 Å². The minimum Gasteiger partial charge on any atom is -0.338 e. The maximum absolute atomic E-state index is 5.93. The number of halogens is 1. The van der Waals surface area contributed by atoms with Crippen LogP contribution >= 0.6 is 11.6 Å². The Morgan fingerprint density at radius 1 is 1.35 bits per heavy atom. The van der Waals surface area contributed by atoms with Crippen LogP contribution in [0.1, 0.15) is 44.2 Å². The van der Waals surface area contributed by atoms with Crippen LogP contribution in [0.4, 0.5) is 0 Å². The van der Waals surface area contributed by atoms with Crippen molar-refractivity contribution >= 4 is 17.6 Å². The highest BCUT2D eigenvalue weighted by molar-refractivity contribution is 6.30. The molecule has 5 heteroatoms. The first-order valence-electron chi connectivity index (χ1n) is 7.14. The summed E-state index contributed by atoms with van der Waals surface area (Å²) in [6.07, 6.45) is 4.85. The zero-order chi connectivity index (χ0) is 14.5. The lowest BCUT2D eigenvalue weighted by molar-refractivity contribution is 0.384. The van der Waals surface area contributed by atoms with Gasteiger partial charge in [0.05, 0.1) is 12.1 Å². The molecule has 2 rings (SSSR count). The van der Waals surface area contributed by atoms with Crippen molar-refractivity contribution in [2.24, 2.45) is 10.8 Å². The molecule has 0 spiro atoms. The van der Waals surface area contributed by atoms with Crippen molar-refractivity contribution in [3.8, 4) is 0 Å². The van der Waals surface area contributed by atoms with E-state index in [0.717, 1.165) is 23.8 Å². The van der Waals surface area contributed by atoms with Crippen LogP contribution in [0.5, 0.6) is 0 Å². The Bertz CT molecular complexity index is 451. The standard InChI is InChI=1S/C15H23ClN4/c1-11(12-7-9-13(16)10-8-12)20(2)15(19-17)18-14-5-3-4-6-14/h7-11,14H,3-6,17H2,1-2H3,(H,18,19). The van der Waals surface area contributed by atoms with Crippen LogP contribution in [-0.4, -0.2) is 23.9 Å². The molecule has 0 radical (unpaired) electrons. The number of aliphatic imine (C=N–C) groups is 1. The number of nitrogens with zero attached hydrogens (tertiary/aromatic N) is 2. The zero-order valence-corrected chi connectivity index (χ0v) is 12.9. The molecule has 1 aliphatic rings. The van der Waals surface area contributed by atoms with Gasteiger partial charge in [-0.25, -0.2) is 10.8 Å². The molecule has 20 heavy (non-hydrogen) atoms. The van der Waals surface area contributed by atoms with E-state index in [4.69, 9.17) is 22.4 Å². The molecule has 0 heterocycles. The van der Waals surface area contributed by atoms with E-state index in [-0.39, 0.29) is 6.04 Å². The maximum Gasteiger partial charge on any atom is 0.208 e. The van der Waals surface area contributed by atoms with Gasteiger partial charge in [0.2, 0.25) is 5.96 Å². The number of rotatable bonds is 3. The lowest BCUT2D eigenvalue weighted by atomic mass is 10.1. The normalized spacial score (nSPS) is 18.1. The van der Waals surface area contributed by atoms with Crippen molar-refractivity contribution in [3.05, 3.63) is 34.9 Å². The van der Waals surface area contributed by atoms with Crippen LogP contribution in [0, 0.1) is 0 Å². The Kier molecular flexibility index (Phi) is 5.26. The van der Waals surface area contributed by atoms with Crippen LogP contribution in [0.3, 0.4) is 0 Å². The number of nitrogens with two attached hydrogens (primary N) is 1. The molecule has 1 unspecified atom stereocenters. The van der Waals surface area contributed by atoms with Gasteiger partial charge in [-0.3, -0.25) is 5.43 Å². The van der Waals surface area contributed by atoms with Gasteiger partial charge in [-0.15, -0.1) is 0 Å². The predicted octanol–water partition coefficient (Wildman–Crippen LogP) is 3.09. The van der Waals surface area contributed by atoms with E-state index in [1.807, 2.05) is 31.3 Å². The first-order valence-corrected chi connectivity index (χ1v) is 7.52. The fourth-order valence-electron chi connectivity index (χ4n) is 2.58. The van der Waals surface area contributed by atoms with E-state index in [9.17, 15) is 0 Å².